The van der Waals surface area contributed by atoms with Crippen LogP contribution in [0.4, 0.5) is 0 Å². The first kappa shape index (κ1) is 10.3. The van der Waals surface area contributed by atoms with Crippen LogP contribution in [0.5, 0.6) is 0 Å². The monoisotopic (exact) mass is 153 g/mol. The zero-order chi connectivity index (χ0) is 8.85. The van der Waals surface area contributed by atoms with Crippen LogP contribution in [-0.4, -0.2) is 18.5 Å². The predicted molar refractivity (Wildman–Crippen MR) is 51.5 cm³/mol. The molecular formula is C10H19N. The van der Waals surface area contributed by atoms with Crippen molar-refractivity contribution in [3.05, 3.63) is 23.9 Å². The lowest BCUT2D eigenvalue weighted by Gasteiger charge is -2.21. The van der Waals surface area contributed by atoms with E-state index < -0.39 is 0 Å². The fraction of sp³-hybridized carbons (Fsp3) is 0.600. The second-order valence-electron chi connectivity index (χ2n) is 2.88. The molecule has 0 heterocycles. The summed E-state index contributed by atoms with van der Waals surface area (Å²) >= 11 is 0. The van der Waals surface area contributed by atoms with Crippen LogP contribution in [-0.2, 0) is 0 Å². The molecular weight excluding hydrogens is 134 g/mol. The van der Waals surface area contributed by atoms with Gasteiger partial charge < -0.3 is 4.90 Å². The van der Waals surface area contributed by atoms with Gasteiger partial charge >= 0.3 is 0 Å². The minimum atomic E-state index is 1.10. The number of allylic oxidation sites excluding steroid dienone is 2. The fourth-order valence-corrected chi connectivity index (χ4v) is 1.25. The van der Waals surface area contributed by atoms with Crippen LogP contribution in [0.15, 0.2) is 23.9 Å². The van der Waals surface area contributed by atoms with Crippen molar-refractivity contribution in [3.63, 3.8) is 0 Å². The van der Waals surface area contributed by atoms with Gasteiger partial charge in [0, 0.05) is 19.3 Å². The van der Waals surface area contributed by atoms with Gasteiger partial charge in [0.2, 0.25) is 0 Å². The van der Waals surface area contributed by atoms with E-state index in [0.717, 1.165) is 12.1 Å². The maximum Gasteiger partial charge on any atom is 0.0344 e. The second-order valence-corrected chi connectivity index (χ2v) is 2.88. The number of nitrogens with zero attached hydrogens (tertiary/aromatic N) is 1. The lowest BCUT2D eigenvalue weighted by Crippen LogP contribution is -2.18. The van der Waals surface area contributed by atoms with Crippen molar-refractivity contribution in [3.8, 4) is 0 Å². The summed E-state index contributed by atoms with van der Waals surface area (Å²) < 4.78 is 0. The Kier molecular flexibility index (Phi) is 4.67. The maximum atomic E-state index is 3.92. The molecule has 0 saturated heterocycles. The van der Waals surface area contributed by atoms with E-state index in [1.54, 1.807) is 0 Å². The second kappa shape index (κ2) is 5.00. The van der Waals surface area contributed by atoms with Crippen LogP contribution >= 0.6 is 0 Å². The minimum absolute atomic E-state index is 1.10. The molecule has 0 atom stereocenters. The molecule has 1 heteroatoms. The highest BCUT2D eigenvalue weighted by Gasteiger charge is 2.01. The van der Waals surface area contributed by atoms with E-state index in [4.69, 9.17) is 0 Å². The molecule has 0 unspecified atom stereocenters. The Balaban J connectivity index is 4.16. The molecule has 0 aliphatic rings. The van der Waals surface area contributed by atoms with Crippen molar-refractivity contribution >= 4 is 0 Å². The summed E-state index contributed by atoms with van der Waals surface area (Å²) in [5, 5.41) is 0. The molecule has 0 amide bonds. The summed E-state index contributed by atoms with van der Waals surface area (Å²) in [7, 11) is 2.10. The van der Waals surface area contributed by atoms with Crippen molar-refractivity contribution in [1.29, 1.82) is 0 Å². The zero-order valence-corrected chi connectivity index (χ0v) is 8.15. The highest BCUT2D eigenvalue weighted by atomic mass is 15.1. The Hall–Kier alpha value is -0.720. The third kappa shape index (κ3) is 3.26. The topological polar surface area (TPSA) is 3.24 Å². The zero-order valence-electron chi connectivity index (χ0n) is 8.15. The number of likely N-dealkylation sites (N-methyl/N-ethyl adjacent to an activating group) is 1. The van der Waals surface area contributed by atoms with Crippen molar-refractivity contribution in [2.75, 3.05) is 13.6 Å². The van der Waals surface area contributed by atoms with Crippen LogP contribution in [0.1, 0.15) is 27.2 Å². The molecule has 0 radical (unpaired) electrons. The van der Waals surface area contributed by atoms with Crippen LogP contribution in [0.2, 0.25) is 0 Å². The van der Waals surface area contributed by atoms with Crippen LogP contribution in [0.25, 0.3) is 0 Å². The molecule has 0 N–H and O–H groups in total. The van der Waals surface area contributed by atoms with Gasteiger partial charge in [0.15, 0.2) is 0 Å². The molecule has 0 saturated carbocycles. The van der Waals surface area contributed by atoms with Gasteiger partial charge in [0.05, 0.1) is 0 Å². The molecule has 64 valence electrons. The summed E-state index contributed by atoms with van der Waals surface area (Å²) in [6.07, 6.45) is 3.29. The van der Waals surface area contributed by atoms with Gasteiger partial charge in [-0.1, -0.05) is 19.6 Å². The van der Waals surface area contributed by atoms with Crippen molar-refractivity contribution in [2.24, 2.45) is 0 Å². The van der Waals surface area contributed by atoms with Gasteiger partial charge in [0.25, 0.3) is 0 Å². The van der Waals surface area contributed by atoms with E-state index in [0.29, 0.717) is 0 Å². The minimum Gasteiger partial charge on any atom is -0.375 e. The van der Waals surface area contributed by atoms with E-state index >= 15 is 0 Å². The largest absolute Gasteiger partial charge is 0.375 e. The van der Waals surface area contributed by atoms with Gasteiger partial charge in [-0.15, -0.1) is 0 Å². The van der Waals surface area contributed by atoms with Gasteiger partial charge in [0.1, 0.15) is 0 Å². The van der Waals surface area contributed by atoms with Crippen molar-refractivity contribution in [1.82, 2.24) is 4.90 Å². The molecule has 0 rings (SSSR count). The van der Waals surface area contributed by atoms with E-state index in [9.17, 15) is 0 Å². The van der Waals surface area contributed by atoms with E-state index in [1.165, 1.54) is 12.1 Å². The molecule has 0 aromatic rings. The van der Waals surface area contributed by atoms with Gasteiger partial charge in [-0.3, -0.25) is 0 Å². The highest BCUT2D eigenvalue weighted by Crippen LogP contribution is 2.10. The van der Waals surface area contributed by atoms with Gasteiger partial charge in [-0.05, 0) is 25.8 Å². The summed E-state index contributed by atoms with van der Waals surface area (Å²) in [6.45, 7) is 11.3. The number of hydrogen-bond donors (Lipinski definition) is 0. The quantitative estimate of drug-likeness (QED) is 0.561. The first-order valence-corrected chi connectivity index (χ1v) is 4.16. The fourth-order valence-electron chi connectivity index (χ4n) is 1.25. The summed E-state index contributed by atoms with van der Waals surface area (Å²) in [4.78, 5) is 2.24. The highest BCUT2D eigenvalue weighted by molar-refractivity contribution is 5.23. The lowest BCUT2D eigenvalue weighted by molar-refractivity contribution is 0.423. The SMILES string of the molecule is C=C(C)/C(=C\C)N(C)CCC. The van der Waals surface area contributed by atoms with Crippen molar-refractivity contribution in [2.45, 2.75) is 27.2 Å². The molecule has 0 aliphatic carbocycles. The van der Waals surface area contributed by atoms with E-state index in [-0.39, 0.29) is 0 Å². The number of rotatable bonds is 4. The number of hydrogen-bond acceptors (Lipinski definition) is 1. The molecule has 0 spiro atoms. The Morgan fingerprint density at radius 2 is 2.09 bits per heavy atom. The molecule has 0 aromatic carbocycles. The Morgan fingerprint density at radius 3 is 2.36 bits per heavy atom. The van der Waals surface area contributed by atoms with E-state index in [2.05, 4.69) is 38.5 Å². The van der Waals surface area contributed by atoms with Gasteiger partial charge in [-0.25, -0.2) is 0 Å². The summed E-state index contributed by atoms with van der Waals surface area (Å²) in [5.74, 6) is 0. The molecule has 0 aromatic heterocycles. The average molecular weight is 153 g/mol. The Labute approximate surface area is 70.4 Å². The van der Waals surface area contributed by atoms with Crippen LogP contribution in [0.3, 0.4) is 0 Å². The predicted octanol–water partition coefficient (Wildman–Crippen LogP) is 2.81. The lowest BCUT2D eigenvalue weighted by atomic mass is 10.2. The van der Waals surface area contributed by atoms with Gasteiger partial charge in [-0.2, -0.15) is 0 Å². The summed E-state index contributed by atoms with van der Waals surface area (Å²) in [5.41, 5.74) is 2.40. The standard InChI is InChI=1S/C10H19N/c1-6-8-11(5)10(7-2)9(3)4/h7H,3,6,8H2,1-2,4-5H3/b10-7+. The molecule has 0 bridgehead atoms. The molecule has 0 aliphatic heterocycles. The van der Waals surface area contributed by atoms with Crippen molar-refractivity contribution < 1.29 is 0 Å². The third-order valence-corrected chi connectivity index (χ3v) is 1.68. The normalized spacial score (nSPS) is 11.5. The van der Waals surface area contributed by atoms with Crippen LogP contribution < -0.4 is 0 Å². The average Bonchev–Trinajstić information content (AvgIpc) is 1.88. The Bertz CT molecular complexity index is 156. The van der Waals surface area contributed by atoms with Crippen LogP contribution in [0, 0.1) is 0 Å². The first-order chi connectivity index (χ1) is 5.13. The smallest absolute Gasteiger partial charge is 0.0344 e. The first-order valence-electron chi connectivity index (χ1n) is 4.16. The Morgan fingerprint density at radius 1 is 1.55 bits per heavy atom. The molecule has 1 nitrogen and oxygen atoms in total. The summed E-state index contributed by atoms with van der Waals surface area (Å²) in [6, 6.07) is 0. The third-order valence-electron chi connectivity index (χ3n) is 1.68. The molecule has 11 heavy (non-hydrogen) atoms. The maximum absolute atomic E-state index is 3.92. The molecule has 0 fully saturated rings. The van der Waals surface area contributed by atoms with E-state index in [1.807, 2.05) is 6.92 Å².